The summed E-state index contributed by atoms with van der Waals surface area (Å²) in [6.07, 6.45) is 0. The maximum Gasteiger partial charge on any atom is 0.325 e. The van der Waals surface area contributed by atoms with Gasteiger partial charge >= 0.3 is 5.97 Å². The topological polar surface area (TPSA) is 89.5 Å². The third kappa shape index (κ3) is 6.09. The lowest BCUT2D eigenvalue weighted by Gasteiger charge is -2.06. The highest BCUT2D eigenvalue weighted by molar-refractivity contribution is 7.13. The summed E-state index contributed by atoms with van der Waals surface area (Å²) in [7, 11) is 1.61. The quantitative estimate of drug-likeness (QED) is 0.469. The average molecular weight is 466 g/mol. The molecule has 2 aromatic carbocycles. The Morgan fingerprint density at radius 3 is 2.57 bits per heavy atom. The van der Waals surface area contributed by atoms with E-state index in [0.29, 0.717) is 21.4 Å². The largest absolute Gasteiger partial charge is 0.497 e. The molecule has 1 aromatic heterocycles. The molecule has 3 aromatic rings. The summed E-state index contributed by atoms with van der Waals surface area (Å²) in [5.74, 6) is -0.273. The van der Waals surface area contributed by atoms with Crippen LogP contribution in [-0.2, 0) is 16.1 Å². The summed E-state index contributed by atoms with van der Waals surface area (Å²) in [6.45, 7) is -0.275. The van der Waals surface area contributed by atoms with Crippen LogP contribution in [0.3, 0.4) is 0 Å². The van der Waals surface area contributed by atoms with Gasteiger partial charge in [-0.2, -0.15) is 0 Å². The molecule has 0 bridgehead atoms. The minimum Gasteiger partial charge on any atom is -0.497 e. The van der Waals surface area contributed by atoms with Crippen molar-refractivity contribution >= 4 is 57.2 Å². The summed E-state index contributed by atoms with van der Waals surface area (Å²) in [6, 6.07) is 11.9. The number of benzene rings is 2. The molecule has 0 fully saturated rings. The number of nitrogens with zero attached hydrogens (tertiary/aromatic N) is 1. The van der Waals surface area contributed by atoms with Crippen LogP contribution in [-0.4, -0.2) is 30.5 Å². The van der Waals surface area contributed by atoms with Gasteiger partial charge in [0, 0.05) is 16.6 Å². The highest BCUT2D eigenvalue weighted by atomic mass is 35.5. The number of nitrogens with one attached hydrogen (secondary N) is 2. The number of thiazole rings is 1. The van der Waals surface area contributed by atoms with Crippen molar-refractivity contribution in [1.29, 1.82) is 0 Å². The van der Waals surface area contributed by atoms with Crippen molar-refractivity contribution in [1.82, 2.24) is 10.3 Å². The molecule has 0 saturated carbocycles. The van der Waals surface area contributed by atoms with Gasteiger partial charge in [0.15, 0.2) is 5.13 Å². The number of ether oxygens (including phenoxy) is 2. The van der Waals surface area contributed by atoms with Gasteiger partial charge in [-0.25, -0.2) is 4.98 Å². The Morgan fingerprint density at radius 1 is 1.10 bits per heavy atom. The van der Waals surface area contributed by atoms with Crippen molar-refractivity contribution in [3.05, 3.63) is 69.1 Å². The van der Waals surface area contributed by atoms with E-state index in [-0.39, 0.29) is 18.2 Å². The van der Waals surface area contributed by atoms with Crippen LogP contribution in [0.5, 0.6) is 5.75 Å². The molecule has 156 valence electrons. The van der Waals surface area contributed by atoms with Crippen molar-refractivity contribution in [2.75, 3.05) is 19.0 Å². The first-order valence-electron chi connectivity index (χ1n) is 8.69. The van der Waals surface area contributed by atoms with Crippen molar-refractivity contribution in [3.63, 3.8) is 0 Å². The molecule has 0 aliphatic rings. The summed E-state index contributed by atoms with van der Waals surface area (Å²) < 4.78 is 10.3. The van der Waals surface area contributed by atoms with E-state index in [2.05, 4.69) is 15.6 Å². The van der Waals surface area contributed by atoms with Crippen molar-refractivity contribution in [3.8, 4) is 5.75 Å². The standard InChI is InChI=1S/C20H17Cl2N3O4S/c1-28-15-5-3-13(4-6-15)24-20-25-14(11-30-20)10-29-18(26)9-23-19(27)12-2-7-16(21)17(22)8-12/h2-8,11H,9-10H2,1H3,(H,23,27)(H,24,25). The fourth-order valence-electron chi connectivity index (χ4n) is 2.33. The third-order valence-electron chi connectivity index (χ3n) is 3.85. The Bertz CT molecular complexity index is 1040. The SMILES string of the molecule is COc1ccc(Nc2nc(COC(=O)CNC(=O)c3ccc(Cl)c(Cl)c3)cs2)cc1. The van der Waals surface area contributed by atoms with Crippen LogP contribution >= 0.6 is 34.5 Å². The first-order valence-corrected chi connectivity index (χ1v) is 10.3. The molecule has 10 heteroatoms. The van der Waals surface area contributed by atoms with Gasteiger partial charge in [-0.15, -0.1) is 11.3 Å². The van der Waals surface area contributed by atoms with E-state index in [0.717, 1.165) is 11.4 Å². The van der Waals surface area contributed by atoms with E-state index in [1.165, 1.54) is 29.5 Å². The Morgan fingerprint density at radius 2 is 1.87 bits per heavy atom. The van der Waals surface area contributed by atoms with Crippen molar-refractivity contribution < 1.29 is 19.1 Å². The molecule has 0 unspecified atom stereocenters. The number of amides is 1. The molecule has 30 heavy (non-hydrogen) atoms. The first-order chi connectivity index (χ1) is 14.4. The Labute approximate surface area is 186 Å². The monoisotopic (exact) mass is 465 g/mol. The summed E-state index contributed by atoms with van der Waals surface area (Å²) in [5, 5.41) is 8.69. The number of esters is 1. The van der Waals surface area contributed by atoms with E-state index in [1.807, 2.05) is 24.3 Å². The minimum atomic E-state index is -0.582. The number of carbonyl (C=O) groups excluding carboxylic acids is 2. The van der Waals surface area contributed by atoms with E-state index >= 15 is 0 Å². The third-order valence-corrected chi connectivity index (χ3v) is 5.39. The Balaban J connectivity index is 1.44. The predicted molar refractivity (Wildman–Crippen MR) is 117 cm³/mol. The van der Waals surface area contributed by atoms with Crippen LogP contribution in [0.2, 0.25) is 10.0 Å². The van der Waals surface area contributed by atoms with E-state index < -0.39 is 11.9 Å². The molecule has 2 N–H and O–H groups in total. The summed E-state index contributed by atoms with van der Waals surface area (Å²) >= 11 is 13.1. The fraction of sp³-hybridized carbons (Fsp3) is 0.150. The summed E-state index contributed by atoms with van der Waals surface area (Å²) in [5.41, 5.74) is 1.75. The van der Waals surface area contributed by atoms with Gasteiger partial charge in [0.25, 0.3) is 5.91 Å². The second-order valence-corrected chi connectivity index (χ2v) is 7.64. The molecule has 0 saturated heterocycles. The Hall–Kier alpha value is -2.81. The molecular formula is C20H17Cl2N3O4S. The number of hydrogen-bond acceptors (Lipinski definition) is 7. The van der Waals surface area contributed by atoms with Gasteiger partial charge in [-0.1, -0.05) is 23.2 Å². The molecule has 3 rings (SSSR count). The second kappa shape index (κ2) is 10.3. The van der Waals surface area contributed by atoms with Crippen LogP contribution in [0, 0.1) is 0 Å². The zero-order valence-electron chi connectivity index (χ0n) is 15.8. The number of halogens is 2. The normalized spacial score (nSPS) is 10.4. The molecule has 0 radical (unpaired) electrons. The predicted octanol–water partition coefficient (Wildman–Crippen LogP) is 4.68. The number of methoxy groups -OCH3 is 1. The molecule has 0 aliphatic heterocycles. The van der Waals surface area contributed by atoms with Crippen LogP contribution < -0.4 is 15.4 Å². The minimum absolute atomic E-state index is 0.00225. The van der Waals surface area contributed by atoms with Crippen molar-refractivity contribution in [2.45, 2.75) is 6.61 Å². The molecule has 1 amide bonds. The molecule has 1 heterocycles. The van der Waals surface area contributed by atoms with Crippen LogP contribution in [0.25, 0.3) is 0 Å². The second-order valence-electron chi connectivity index (χ2n) is 5.97. The zero-order valence-corrected chi connectivity index (χ0v) is 18.1. The van der Waals surface area contributed by atoms with Crippen LogP contribution in [0.4, 0.5) is 10.8 Å². The van der Waals surface area contributed by atoms with Gasteiger partial charge in [0.1, 0.15) is 18.9 Å². The molecule has 0 aliphatic carbocycles. The van der Waals surface area contributed by atoms with Gasteiger partial charge in [-0.3, -0.25) is 9.59 Å². The fourth-order valence-corrected chi connectivity index (χ4v) is 3.34. The maximum atomic E-state index is 12.1. The van der Waals surface area contributed by atoms with E-state index in [1.54, 1.807) is 12.5 Å². The number of anilines is 2. The van der Waals surface area contributed by atoms with Crippen LogP contribution in [0.15, 0.2) is 47.8 Å². The number of rotatable bonds is 8. The molecular weight excluding hydrogens is 449 g/mol. The number of hydrogen-bond donors (Lipinski definition) is 2. The molecule has 7 nitrogen and oxygen atoms in total. The van der Waals surface area contributed by atoms with E-state index in [9.17, 15) is 9.59 Å². The lowest BCUT2D eigenvalue weighted by atomic mass is 10.2. The van der Waals surface area contributed by atoms with Gasteiger partial charge < -0.3 is 20.1 Å². The highest BCUT2D eigenvalue weighted by Crippen LogP contribution is 2.24. The summed E-state index contributed by atoms with van der Waals surface area (Å²) in [4.78, 5) is 28.3. The molecule has 0 spiro atoms. The van der Waals surface area contributed by atoms with E-state index in [4.69, 9.17) is 32.7 Å². The lowest BCUT2D eigenvalue weighted by Crippen LogP contribution is -2.30. The first kappa shape index (κ1) is 21.9. The van der Waals surface area contributed by atoms with Gasteiger partial charge in [0.2, 0.25) is 0 Å². The molecule has 0 atom stereocenters. The van der Waals surface area contributed by atoms with Gasteiger partial charge in [-0.05, 0) is 42.5 Å². The maximum absolute atomic E-state index is 12.1. The Kier molecular flexibility index (Phi) is 7.51. The number of aromatic nitrogens is 1. The highest BCUT2D eigenvalue weighted by Gasteiger charge is 2.11. The smallest absolute Gasteiger partial charge is 0.325 e. The van der Waals surface area contributed by atoms with Crippen molar-refractivity contribution in [2.24, 2.45) is 0 Å². The van der Waals surface area contributed by atoms with Crippen LogP contribution in [0.1, 0.15) is 16.1 Å². The average Bonchev–Trinajstić information content (AvgIpc) is 3.20. The zero-order chi connectivity index (χ0) is 21.5. The lowest BCUT2D eigenvalue weighted by molar-refractivity contribution is -0.143. The number of carbonyl (C=O) groups is 2. The van der Waals surface area contributed by atoms with Gasteiger partial charge in [0.05, 0.1) is 22.8 Å².